The average Bonchev–Trinajstić information content (AvgIpc) is 2.78. The van der Waals surface area contributed by atoms with Crippen LogP contribution in [0.15, 0.2) is 42.5 Å². The van der Waals surface area contributed by atoms with Gasteiger partial charge in [-0.2, -0.15) is 0 Å². The summed E-state index contributed by atoms with van der Waals surface area (Å²) in [4.78, 5) is 44.8. The van der Waals surface area contributed by atoms with Gasteiger partial charge in [0.05, 0.1) is 29.6 Å². The predicted octanol–water partition coefficient (Wildman–Crippen LogP) is 4.88. The van der Waals surface area contributed by atoms with Gasteiger partial charge < -0.3 is 10.5 Å². The Hall–Kier alpha value is -3.58. The summed E-state index contributed by atoms with van der Waals surface area (Å²) in [7, 11) is 1.31. The molecule has 0 radical (unpaired) electrons. The van der Waals surface area contributed by atoms with E-state index in [2.05, 4.69) is 9.97 Å². The molecule has 0 aliphatic carbocycles. The normalized spacial score (nSPS) is 11.3. The van der Waals surface area contributed by atoms with Crippen molar-refractivity contribution < 1.29 is 19.1 Å². The molecule has 35 heavy (non-hydrogen) atoms. The Balaban J connectivity index is 1.80. The Labute approximate surface area is 209 Å². The second-order valence-electron chi connectivity index (χ2n) is 9.12. The minimum Gasteiger partial charge on any atom is -0.469 e. The number of benzene rings is 2. The van der Waals surface area contributed by atoms with Gasteiger partial charge in [-0.05, 0) is 44.9 Å². The molecule has 0 aliphatic rings. The first-order chi connectivity index (χ1) is 16.4. The van der Waals surface area contributed by atoms with Crippen LogP contribution in [0.25, 0.3) is 22.4 Å². The van der Waals surface area contributed by atoms with Crippen LogP contribution in [0.3, 0.4) is 0 Å². The Morgan fingerprint density at radius 2 is 1.60 bits per heavy atom. The molecule has 7 nitrogen and oxygen atoms in total. The van der Waals surface area contributed by atoms with Crippen molar-refractivity contribution >= 4 is 29.3 Å². The molecule has 8 heteroatoms. The molecule has 3 aromatic rings. The third-order valence-electron chi connectivity index (χ3n) is 5.76. The van der Waals surface area contributed by atoms with E-state index in [1.807, 2.05) is 43.3 Å². The highest BCUT2D eigenvalue weighted by atomic mass is 35.5. The summed E-state index contributed by atoms with van der Waals surface area (Å²) in [5.41, 5.74) is 9.74. The quantitative estimate of drug-likeness (QED) is 0.447. The highest BCUT2D eigenvalue weighted by molar-refractivity contribution is 6.33. The molecule has 1 amide bonds. The smallest absolute Gasteiger partial charge is 0.311 e. The topological polar surface area (TPSA) is 112 Å². The zero-order chi connectivity index (χ0) is 25.9. The molecule has 0 spiro atoms. The number of aryl methyl sites for hydroxylation is 2. The Morgan fingerprint density at radius 3 is 2.17 bits per heavy atom. The maximum absolute atomic E-state index is 12.5. The standard InChI is InChI=1S/C27H28ClN3O4/c1-15-23(31-24(25(29)33)16(2)30-15)19-9-7-18(8-10-19)21-11-6-17(13-22(21)28)12-20(32)14-27(3,4)26(34)35-5/h6-11,13H,12,14H2,1-5H3,(H2,29,33). The number of carbonyl (C=O) groups is 3. The number of nitrogens with two attached hydrogens (primary N) is 1. The van der Waals surface area contributed by atoms with Gasteiger partial charge >= 0.3 is 5.97 Å². The zero-order valence-electron chi connectivity index (χ0n) is 20.4. The van der Waals surface area contributed by atoms with E-state index in [1.54, 1.807) is 26.8 Å². The molecule has 0 saturated heterocycles. The van der Waals surface area contributed by atoms with Gasteiger partial charge in [0.15, 0.2) is 0 Å². The molecular formula is C27H28ClN3O4. The van der Waals surface area contributed by atoms with Crippen LogP contribution in [0.5, 0.6) is 0 Å². The minimum atomic E-state index is -0.879. The molecule has 0 bridgehead atoms. The molecular weight excluding hydrogens is 466 g/mol. The maximum Gasteiger partial charge on any atom is 0.311 e. The van der Waals surface area contributed by atoms with Crippen molar-refractivity contribution in [3.8, 4) is 22.4 Å². The summed E-state index contributed by atoms with van der Waals surface area (Å²) >= 11 is 6.55. The summed E-state index contributed by atoms with van der Waals surface area (Å²) in [6.07, 6.45) is 0.256. The van der Waals surface area contributed by atoms with Gasteiger partial charge in [-0.3, -0.25) is 19.4 Å². The lowest BCUT2D eigenvalue weighted by Gasteiger charge is -2.20. The number of nitrogens with zero attached hydrogens (tertiary/aromatic N) is 2. The number of aromatic nitrogens is 2. The van der Waals surface area contributed by atoms with Crippen molar-refractivity contribution in [3.63, 3.8) is 0 Å². The van der Waals surface area contributed by atoms with E-state index in [0.29, 0.717) is 22.1 Å². The Kier molecular flexibility index (Phi) is 7.70. The number of Topliss-reactive ketones (excluding diaryl/α,β-unsaturated/α-hetero) is 1. The largest absolute Gasteiger partial charge is 0.469 e. The number of carbonyl (C=O) groups excluding carboxylic acids is 3. The summed E-state index contributed by atoms with van der Waals surface area (Å²) in [5.74, 6) is -1.11. The predicted molar refractivity (Wildman–Crippen MR) is 135 cm³/mol. The number of ether oxygens (including phenoxy) is 1. The van der Waals surface area contributed by atoms with Crippen molar-refractivity contribution in [2.24, 2.45) is 11.1 Å². The van der Waals surface area contributed by atoms with Crippen LogP contribution in [0.2, 0.25) is 5.02 Å². The van der Waals surface area contributed by atoms with Crippen LogP contribution >= 0.6 is 11.6 Å². The fraction of sp³-hybridized carbons (Fsp3) is 0.296. The van der Waals surface area contributed by atoms with E-state index >= 15 is 0 Å². The SMILES string of the molecule is COC(=O)C(C)(C)CC(=O)Cc1ccc(-c2ccc(-c3nc(C(N)=O)c(C)nc3C)cc2)c(Cl)c1. The van der Waals surface area contributed by atoms with Crippen LogP contribution in [0.4, 0.5) is 0 Å². The van der Waals surface area contributed by atoms with Gasteiger partial charge in [0.1, 0.15) is 11.5 Å². The van der Waals surface area contributed by atoms with Crippen molar-refractivity contribution in [3.05, 3.63) is 70.1 Å². The van der Waals surface area contributed by atoms with E-state index in [1.165, 1.54) is 7.11 Å². The van der Waals surface area contributed by atoms with E-state index in [-0.39, 0.29) is 24.3 Å². The summed E-state index contributed by atoms with van der Waals surface area (Å²) < 4.78 is 4.77. The second-order valence-corrected chi connectivity index (χ2v) is 9.52. The van der Waals surface area contributed by atoms with Gasteiger partial charge in [-0.25, -0.2) is 4.98 Å². The first kappa shape index (κ1) is 26.0. The lowest BCUT2D eigenvalue weighted by atomic mass is 9.86. The van der Waals surface area contributed by atoms with Gasteiger partial charge in [-0.15, -0.1) is 0 Å². The van der Waals surface area contributed by atoms with Gasteiger partial charge in [0.25, 0.3) is 5.91 Å². The summed E-state index contributed by atoms with van der Waals surface area (Å²) in [5, 5.41) is 0.512. The van der Waals surface area contributed by atoms with E-state index in [0.717, 1.165) is 22.3 Å². The molecule has 0 aliphatic heterocycles. The molecule has 2 aromatic carbocycles. The van der Waals surface area contributed by atoms with E-state index in [4.69, 9.17) is 22.1 Å². The Morgan fingerprint density at radius 1 is 0.971 bits per heavy atom. The van der Waals surface area contributed by atoms with Gasteiger partial charge in [0, 0.05) is 29.0 Å². The number of ketones is 1. The number of hydrogen-bond donors (Lipinski definition) is 1. The minimum absolute atomic E-state index is 0.0709. The van der Waals surface area contributed by atoms with Gasteiger partial charge in [-0.1, -0.05) is 48.0 Å². The van der Waals surface area contributed by atoms with Crippen LogP contribution in [0, 0.1) is 19.3 Å². The van der Waals surface area contributed by atoms with Crippen molar-refractivity contribution in [2.75, 3.05) is 7.11 Å². The first-order valence-corrected chi connectivity index (χ1v) is 11.4. The van der Waals surface area contributed by atoms with Gasteiger partial charge in [0.2, 0.25) is 0 Å². The fourth-order valence-electron chi connectivity index (χ4n) is 3.98. The third-order valence-corrected chi connectivity index (χ3v) is 6.07. The average molecular weight is 494 g/mol. The maximum atomic E-state index is 12.5. The zero-order valence-corrected chi connectivity index (χ0v) is 21.2. The van der Waals surface area contributed by atoms with Crippen LogP contribution in [0.1, 0.15) is 47.7 Å². The number of amides is 1. The molecule has 0 unspecified atom stereocenters. The van der Waals surface area contributed by atoms with Crippen LogP contribution < -0.4 is 5.73 Å². The lowest BCUT2D eigenvalue weighted by molar-refractivity contribution is -0.152. The molecule has 1 aromatic heterocycles. The summed E-state index contributed by atoms with van der Waals surface area (Å²) in [6.45, 7) is 6.91. The monoisotopic (exact) mass is 493 g/mol. The molecule has 0 atom stereocenters. The molecule has 182 valence electrons. The molecule has 1 heterocycles. The van der Waals surface area contributed by atoms with Crippen molar-refractivity contribution in [2.45, 2.75) is 40.5 Å². The highest BCUT2D eigenvalue weighted by Crippen LogP contribution is 2.32. The van der Waals surface area contributed by atoms with E-state index in [9.17, 15) is 14.4 Å². The lowest BCUT2D eigenvalue weighted by Crippen LogP contribution is -2.29. The summed E-state index contributed by atoms with van der Waals surface area (Å²) in [6, 6.07) is 13.1. The van der Waals surface area contributed by atoms with Crippen LogP contribution in [-0.2, 0) is 20.7 Å². The number of primary amides is 1. The number of methoxy groups -OCH3 is 1. The first-order valence-electron chi connectivity index (χ1n) is 11.1. The molecule has 2 N–H and O–H groups in total. The van der Waals surface area contributed by atoms with Crippen molar-refractivity contribution in [1.29, 1.82) is 0 Å². The third kappa shape index (κ3) is 5.92. The number of halogens is 1. The van der Waals surface area contributed by atoms with Crippen molar-refractivity contribution in [1.82, 2.24) is 9.97 Å². The molecule has 3 rings (SSSR count). The number of esters is 1. The number of hydrogen-bond acceptors (Lipinski definition) is 6. The van der Waals surface area contributed by atoms with E-state index < -0.39 is 17.3 Å². The molecule has 0 fully saturated rings. The van der Waals surface area contributed by atoms with Crippen LogP contribution in [-0.4, -0.2) is 34.7 Å². The second kappa shape index (κ2) is 10.4. The highest BCUT2D eigenvalue weighted by Gasteiger charge is 2.31. The Bertz CT molecular complexity index is 1300. The number of rotatable bonds is 8. The fourth-order valence-corrected chi connectivity index (χ4v) is 4.29. The molecule has 0 saturated carbocycles.